The molecule has 0 aliphatic rings. The normalized spacial score (nSPS) is 11.0. The van der Waals surface area contributed by atoms with Crippen molar-refractivity contribution in [2.24, 2.45) is 0 Å². The molecule has 0 bridgehead atoms. The second-order valence-electron chi connectivity index (χ2n) is 4.75. The number of hydrogen-bond donors (Lipinski definition) is 2. The maximum absolute atomic E-state index is 12.0. The lowest BCUT2D eigenvalue weighted by Gasteiger charge is -2.28. The van der Waals surface area contributed by atoms with Gasteiger partial charge in [-0.2, -0.15) is 0 Å². The van der Waals surface area contributed by atoms with Gasteiger partial charge >= 0.3 is 5.97 Å². The van der Waals surface area contributed by atoms with Crippen LogP contribution < -0.4 is 5.32 Å². The number of hydrogen-bond acceptors (Lipinski definition) is 4. The van der Waals surface area contributed by atoms with Crippen molar-refractivity contribution in [3.63, 3.8) is 0 Å². The number of nitrogens with one attached hydrogen (secondary N) is 1. The molecule has 0 saturated heterocycles. The zero-order valence-corrected chi connectivity index (χ0v) is 12.0. The average molecular weight is 294 g/mol. The number of nitro groups is 1. The number of carboxylic acid groups (broad SMARTS) is 1. The van der Waals surface area contributed by atoms with Gasteiger partial charge in [0, 0.05) is 12.1 Å². The number of carbonyl (C=O) groups excluding carboxylic acids is 1. The van der Waals surface area contributed by atoms with Crippen LogP contribution in [0.25, 0.3) is 0 Å². The van der Waals surface area contributed by atoms with E-state index in [1.807, 2.05) is 0 Å². The third kappa shape index (κ3) is 4.01. The predicted molar refractivity (Wildman–Crippen MR) is 75.9 cm³/mol. The van der Waals surface area contributed by atoms with Crippen LogP contribution in [-0.4, -0.2) is 27.4 Å². The molecule has 0 saturated carbocycles. The predicted octanol–water partition coefficient (Wildman–Crippen LogP) is 1.90. The molecular formula is C14H18N2O5. The molecule has 114 valence electrons. The van der Waals surface area contributed by atoms with Gasteiger partial charge in [0.15, 0.2) is 0 Å². The lowest BCUT2D eigenvalue weighted by atomic mass is 9.92. The fraction of sp³-hybridized carbons (Fsp3) is 0.429. The summed E-state index contributed by atoms with van der Waals surface area (Å²) >= 11 is 0. The standard InChI is InChI=1S/C14H18N2O5/c1-3-14(4-2,13(18)19)15-12(17)9-10-6-5-7-11(8-10)16(20)21/h5-8H,3-4,9H2,1-2H3,(H,15,17)(H,18,19). The summed E-state index contributed by atoms with van der Waals surface area (Å²) in [6.45, 7) is 3.37. The number of rotatable bonds is 7. The third-order valence-electron chi connectivity index (χ3n) is 3.48. The monoisotopic (exact) mass is 294 g/mol. The van der Waals surface area contributed by atoms with Crippen LogP contribution in [0.2, 0.25) is 0 Å². The molecule has 0 aliphatic carbocycles. The number of carboxylic acids is 1. The van der Waals surface area contributed by atoms with Crippen molar-refractivity contribution in [1.82, 2.24) is 5.32 Å². The van der Waals surface area contributed by atoms with Crippen molar-refractivity contribution in [2.45, 2.75) is 38.6 Å². The van der Waals surface area contributed by atoms with Crippen molar-refractivity contribution < 1.29 is 19.6 Å². The number of nitrogens with zero attached hydrogens (tertiary/aromatic N) is 1. The number of non-ortho nitro benzene ring substituents is 1. The summed E-state index contributed by atoms with van der Waals surface area (Å²) in [6.07, 6.45) is 0.426. The van der Waals surface area contributed by atoms with Crippen molar-refractivity contribution in [1.29, 1.82) is 0 Å². The van der Waals surface area contributed by atoms with Gasteiger partial charge in [-0.1, -0.05) is 26.0 Å². The molecule has 0 radical (unpaired) electrons. The van der Waals surface area contributed by atoms with Crippen LogP contribution in [0.15, 0.2) is 24.3 Å². The van der Waals surface area contributed by atoms with E-state index in [2.05, 4.69) is 5.32 Å². The van der Waals surface area contributed by atoms with Gasteiger partial charge in [-0.15, -0.1) is 0 Å². The van der Waals surface area contributed by atoms with Crippen molar-refractivity contribution in [2.75, 3.05) is 0 Å². The molecule has 0 aromatic heterocycles. The lowest BCUT2D eigenvalue weighted by molar-refractivity contribution is -0.384. The summed E-state index contributed by atoms with van der Waals surface area (Å²) < 4.78 is 0. The highest BCUT2D eigenvalue weighted by atomic mass is 16.6. The molecule has 0 atom stereocenters. The first-order valence-electron chi connectivity index (χ1n) is 6.62. The molecule has 2 N–H and O–H groups in total. The van der Waals surface area contributed by atoms with Crippen LogP contribution in [-0.2, 0) is 16.0 Å². The van der Waals surface area contributed by atoms with Gasteiger partial charge in [0.2, 0.25) is 5.91 Å². The number of amides is 1. The minimum absolute atomic E-state index is 0.100. The number of carbonyl (C=O) groups is 2. The number of aliphatic carboxylic acids is 1. The lowest BCUT2D eigenvalue weighted by Crippen LogP contribution is -2.54. The highest BCUT2D eigenvalue weighted by molar-refractivity contribution is 5.88. The first-order valence-corrected chi connectivity index (χ1v) is 6.62. The maximum Gasteiger partial charge on any atom is 0.329 e. The Balaban J connectivity index is 2.84. The van der Waals surface area contributed by atoms with Crippen LogP contribution in [0.4, 0.5) is 5.69 Å². The molecule has 21 heavy (non-hydrogen) atoms. The Hall–Kier alpha value is -2.44. The van der Waals surface area contributed by atoms with Crippen LogP contribution in [0.1, 0.15) is 32.3 Å². The Morgan fingerprint density at radius 1 is 1.33 bits per heavy atom. The summed E-state index contributed by atoms with van der Waals surface area (Å²) in [7, 11) is 0. The van der Waals surface area contributed by atoms with Crippen LogP contribution >= 0.6 is 0 Å². The van der Waals surface area contributed by atoms with E-state index in [0.29, 0.717) is 5.56 Å². The zero-order valence-electron chi connectivity index (χ0n) is 12.0. The molecule has 1 aromatic rings. The molecule has 0 fully saturated rings. The second kappa shape index (κ2) is 6.83. The van der Waals surface area contributed by atoms with Crippen LogP contribution in [0, 0.1) is 10.1 Å². The molecule has 7 heteroatoms. The smallest absolute Gasteiger partial charge is 0.329 e. The topological polar surface area (TPSA) is 110 Å². The molecule has 1 aromatic carbocycles. The largest absolute Gasteiger partial charge is 0.480 e. The maximum atomic E-state index is 12.0. The fourth-order valence-electron chi connectivity index (χ4n) is 2.06. The summed E-state index contributed by atoms with van der Waals surface area (Å²) in [5.74, 6) is -1.55. The van der Waals surface area contributed by atoms with Gasteiger partial charge < -0.3 is 10.4 Å². The van der Waals surface area contributed by atoms with E-state index in [4.69, 9.17) is 0 Å². The SMILES string of the molecule is CCC(CC)(NC(=O)Cc1cccc([N+](=O)[O-])c1)C(=O)O. The Morgan fingerprint density at radius 2 is 1.95 bits per heavy atom. The molecule has 7 nitrogen and oxygen atoms in total. The quantitative estimate of drug-likeness (QED) is 0.589. The Labute approximate surface area is 122 Å². The summed E-state index contributed by atoms with van der Waals surface area (Å²) in [6, 6.07) is 5.72. The third-order valence-corrected chi connectivity index (χ3v) is 3.48. The van der Waals surface area contributed by atoms with E-state index in [1.54, 1.807) is 19.9 Å². The summed E-state index contributed by atoms with van der Waals surface area (Å²) in [5, 5.41) is 22.4. The minimum atomic E-state index is -1.29. The van der Waals surface area contributed by atoms with E-state index in [1.165, 1.54) is 18.2 Å². The number of benzene rings is 1. The van der Waals surface area contributed by atoms with E-state index in [9.17, 15) is 24.8 Å². The van der Waals surface area contributed by atoms with Crippen molar-refractivity contribution in [3.8, 4) is 0 Å². The number of nitro benzene ring substituents is 1. The van der Waals surface area contributed by atoms with E-state index >= 15 is 0 Å². The average Bonchev–Trinajstić information content (AvgIpc) is 2.44. The first kappa shape index (κ1) is 16.6. The highest BCUT2D eigenvalue weighted by Crippen LogP contribution is 2.17. The van der Waals surface area contributed by atoms with E-state index in [-0.39, 0.29) is 24.9 Å². The Bertz CT molecular complexity index is 552. The van der Waals surface area contributed by atoms with Gasteiger partial charge in [0.05, 0.1) is 11.3 Å². The Kier molecular flexibility index (Phi) is 5.40. The van der Waals surface area contributed by atoms with Gasteiger partial charge in [0.1, 0.15) is 5.54 Å². The van der Waals surface area contributed by atoms with Gasteiger partial charge in [-0.3, -0.25) is 14.9 Å². The Morgan fingerprint density at radius 3 is 2.43 bits per heavy atom. The fourth-order valence-corrected chi connectivity index (χ4v) is 2.06. The van der Waals surface area contributed by atoms with Crippen LogP contribution in [0.3, 0.4) is 0 Å². The molecule has 0 spiro atoms. The van der Waals surface area contributed by atoms with E-state index < -0.39 is 22.3 Å². The van der Waals surface area contributed by atoms with Crippen LogP contribution in [0.5, 0.6) is 0 Å². The highest BCUT2D eigenvalue weighted by Gasteiger charge is 2.36. The van der Waals surface area contributed by atoms with Gasteiger partial charge in [-0.25, -0.2) is 4.79 Å². The minimum Gasteiger partial charge on any atom is -0.480 e. The molecule has 0 aliphatic heterocycles. The molecule has 1 rings (SSSR count). The summed E-state index contributed by atoms with van der Waals surface area (Å²) in [5.41, 5.74) is -0.929. The molecule has 1 amide bonds. The summed E-state index contributed by atoms with van der Waals surface area (Å²) in [4.78, 5) is 33.4. The second-order valence-corrected chi connectivity index (χ2v) is 4.75. The molecule has 0 heterocycles. The molecular weight excluding hydrogens is 276 g/mol. The van der Waals surface area contributed by atoms with E-state index in [0.717, 1.165) is 0 Å². The van der Waals surface area contributed by atoms with Crippen molar-refractivity contribution >= 4 is 17.6 Å². The molecule has 0 unspecified atom stereocenters. The first-order chi connectivity index (χ1) is 9.84. The zero-order chi connectivity index (χ0) is 16.0. The van der Waals surface area contributed by atoms with Gasteiger partial charge in [0.25, 0.3) is 5.69 Å². The van der Waals surface area contributed by atoms with Gasteiger partial charge in [-0.05, 0) is 18.4 Å². The van der Waals surface area contributed by atoms with Crippen molar-refractivity contribution in [3.05, 3.63) is 39.9 Å².